The molecule has 15 heavy (non-hydrogen) atoms. The van der Waals surface area contributed by atoms with Crippen LogP contribution in [0.3, 0.4) is 0 Å². The Kier molecular flexibility index (Phi) is 5.19. The minimum atomic E-state index is 0.167. The van der Waals surface area contributed by atoms with Gasteiger partial charge in [0.25, 0.3) is 0 Å². The standard InChI is InChI=1S/C13H20O2/c1-4-10-15-11(3)12-6-8-13(9-7-12)14-5-2/h6-9,11H,4-5,10H2,1-3H3. The Hall–Kier alpha value is -1.02. The van der Waals surface area contributed by atoms with Gasteiger partial charge in [-0.05, 0) is 38.0 Å². The van der Waals surface area contributed by atoms with E-state index in [2.05, 4.69) is 26.0 Å². The van der Waals surface area contributed by atoms with Gasteiger partial charge in [0.15, 0.2) is 0 Å². The lowest BCUT2D eigenvalue weighted by molar-refractivity contribution is 0.0662. The number of rotatable bonds is 6. The third kappa shape index (κ3) is 3.92. The lowest BCUT2D eigenvalue weighted by atomic mass is 10.1. The van der Waals surface area contributed by atoms with E-state index in [1.807, 2.05) is 19.1 Å². The van der Waals surface area contributed by atoms with E-state index < -0.39 is 0 Å². The Bertz CT molecular complexity index is 266. The number of benzene rings is 1. The highest BCUT2D eigenvalue weighted by Crippen LogP contribution is 2.20. The molecule has 84 valence electrons. The van der Waals surface area contributed by atoms with Gasteiger partial charge < -0.3 is 9.47 Å². The fraction of sp³-hybridized carbons (Fsp3) is 0.538. The van der Waals surface area contributed by atoms with Crippen LogP contribution in [-0.2, 0) is 4.74 Å². The molecule has 0 bridgehead atoms. The van der Waals surface area contributed by atoms with Crippen LogP contribution < -0.4 is 4.74 Å². The summed E-state index contributed by atoms with van der Waals surface area (Å²) in [7, 11) is 0. The Morgan fingerprint density at radius 2 is 1.80 bits per heavy atom. The average Bonchev–Trinajstić information content (AvgIpc) is 2.27. The van der Waals surface area contributed by atoms with Crippen LogP contribution in [0.15, 0.2) is 24.3 Å². The molecular formula is C13H20O2. The SMILES string of the molecule is CCCOC(C)c1ccc(OCC)cc1. The summed E-state index contributed by atoms with van der Waals surface area (Å²) in [6.07, 6.45) is 1.22. The lowest BCUT2D eigenvalue weighted by Crippen LogP contribution is -2.01. The molecule has 1 atom stereocenters. The number of hydrogen-bond donors (Lipinski definition) is 0. The first kappa shape index (κ1) is 12.1. The Balaban J connectivity index is 2.54. The summed E-state index contributed by atoms with van der Waals surface area (Å²) in [6.45, 7) is 7.70. The highest BCUT2D eigenvalue weighted by atomic mass is 16.5. The van der Waals surface area contributed by atoms with Gasteiger partial charge in [-0.2, -0.15) is 0 Å². The second-order valence-electron chi connectivity index (χ2n) is 3.52. The van der Waals surface area contributed by atoms with Crippen LogP contribution >= 0.6 is 0 Å². The summed E-state index contributed by atoms with van der Waals surface area (Å²) in [5.41, 5.74) is 1.20. The molecule has 0 saturated heterocycles. The molecule has 2 nitrogen and oxygen atoms in total. The predicted octanol–water partition coefficient (Wildman–Crippen LogP) is 3.57. The van der Waals surface area contributed by atoms with Crippen LogP contribution in [0.4, 0.5) is 0 Å². The molecule has 0 spiro atoms. The second kappa shape index (κ2) is 6.46. The van der Waals surface area contributed by atoms with Gasteiger partial charge in [0, 0.05) is 6.61 Å². The van der Waals surface area contributed by atoms with Crippen molar-refractivity contribution in [1.29, 1.82) is 0 Å². The van der Waals surface area contributed by atoms with Gasteiger partial charge in [-0.1, -0.05) is 19.1 Å². The van der Waals surface area contributed by atoms with Crippen molar-refractivity contribution in [2.24, 2.45) is 0 Å². The zero-order chi connectivity index (χ0) is 11.1. The Morgan fingerprint density at radius 3 is 2.33 bits per heavy atom. The fourth-order valence-corrected chi connectivity index (χ4v) is 1.39. The molecule has 1 aromatic rings. The molecule has 0 aliphatic carbocycles. The molecule has 1 unspecified atom stereocenters. The van der Waals surface area contributed by atoms with E-state index in [0.29, 0.717) is 6.61 Å². The molecule has 0 amide bonds. The average molecular weight is 208 g/mol. The van der Waals surface area contributed by atoms with E-state index in [1.54, 1.807) is 0 Å². The fourth-order valence-electron chi connectivity index (χ4n) is 1.39. The largest absolute Gasteiger partial charge is 0.494 e. The molecular weight excluding hydrogens is 188 g/mol. The van der Waals surface area contributed by atoms with Crippen LogP contribution in [-0.4, -0.2) is 13.2 Å². The molecule has 0 saturated carbocycles. The Morgan fingerprint density at radius 1 is 1.13 bits per heavy atom. The maximum absolute atomic E-state index is 5.64. The first-order valence-corrected chi connectivity index (χ1v) is 5.62. The summed E-state index contributed by atoms with van der Waals surface area (Å²) in [6, 6.07) is 8.10. The van der Waals surface area contributed by atoms with Gasteiger partial charge in [-0.3, -0.25) is 0 Å². The molecule has 0 radical (unpaired) electrons. The number of ether oxygens (including phenoxy) is 2. The van der Waals surface area contributed by atoms with Gasteiger partial charge >= 0.3 is 0 Å². The summed E-state index contributed by atoms with van der Waals surface area (Å²) in [5.74, 6) is 0.920. The molecule has 0 aromatic heterocycles. The third-order valence-electron chi connectivity index (χ3n) is 2.23. The summed E-state index contributed by atoms with van der Waals surface area (Å²) in [5, 5.41) is 0. The predicted molar refractivity (Wildman–Crippen MR) is 62.3 cm³/mol. The highest BCUT2D eigenvalue weighted by molar-refractivity contribution is 5.28. The molecule has 0 fully saturated rings. The molecule has 2 heteroatoms. The van der Waals surface area contributed by atoms with E-state index in [4.69, 9.17) is 9.47 Å². The monoisotopic (exact) mass is 208 g/mol. The van der Waals surface area contributed by atoms with Crippen molar-refractivity contribution in [3.05, 3.63) is 29.8 Å². The van der Waals surface area contributed by atoms with Crippen molar-refractivity contribution in [2.45, 2.75) is 33.3 Å². The minimum absolute atomic E-state index is 0.167. The molecule has 0 N–H and O–H groups in total. The maximum Gasteiger partial charge on any atom is 0.119 e. The van der Waals surface area contributed by atoms with Crippen molar-refractivity contribution >= 4 is 0 Å². The van der Waals surface area contributed by atoms with Crippen LogP contribution in [0, 0.1) is 0 Å². The van der Waals surface area contributed by atoms with Crippen LogP contribution in [0.2, 0.25) is 0 Å². The van der Waals surface area contributed by atoms with E-state index in [1.165, 1.54) is 5.56 Å². The zero-order valence-corrected chi connectivity index (χ0v) is 9.82. The maximum atomic E-state index is 5.64. The highest BCUT2D eigenvalue weighted by Gasteiger charge is 2.04. The van der Waals surface area contributed by atoms with Crippen LogP contribution in [0.25, 0.3) is 0 Å². The third-order valence-corrected chi connectivity index (χ3v) is 2.23. The van der Waals surface area contributed by atoms with E-state index in [9.17, 15) is 0 Å². The quantitative estimate of drug-likeness (QED) is 0.711. The summed E-state index contributed by atoms with van der Waals surface area (Å²) in [4.78, 5) is 0. The van der Waals surface area contributed by atoms with Crippen molar-refractivity contribution < 1.29 is 9.47 Å². The smallest absolute Gasteiger partial charge is 0.119 e. The van der Waals surface area contributed by atoms with Crippen molar-refractivity contribution in [1.82, 2.24) is 0 Å². The normalized spacial score (nSPS) is 12.5. The second-order valence-corrected chi connectivity index (χ2v) is 3.52. The van der Waals surface area contributed by atoms with E-state index in [0.717, 1.165) is 18.8 Å². The molecule has 1 aromatic carbocycles. The van der Waals surface area contributed by atoms with Crippen molar-refractivity contribution in [3.63, 3.8) is 0 Å². The molecule has 0 aliphatic heterocycles. The van der Waals surface area contributed by atoms with Gasteiger partial charge in [-0.25, -0.2) is 0 Å². The molecule has 0 heterocycles. The zero-order valence-electron chi connectivity index (χ0n) is 9.82. The van der Waals surface area contributed by atoms with E-state index in [-0.39, 0.29) is 6.10 Å². The first-order chi connectivity index (χ1) is 7.27. The minimum Gasteiger partial charge on any atom is -0.494 e. The first-order valence-electron chi connectivity index (χ1n) is 5.62. The molecule has 1 rings (SSSR count). The van der Waals surface area contributed by atoms with Gasteiger partial charge in [0.2, 0.25) is 0 Å². The van der Waals surface area contributed by atoms with E-state index >= 15 is 0 Å². The van der Waals surface area contributed by atoms with Crippen molar-refractivity contribution in [2.75, 3.05) is 13.2 Å². The summed E-state index contributed by atoms with van der Waals surface area (Å²) < 4.78 is 11.0. The van der Waals surface area contributed by atoms with Gasteiger partial charge in [0.1, 0.15) is 5.75 Å². The van der Waals surface area contributed by atoms with Crippen LogP contribution in [0.1, 0.15) is 38.9 Å². The molecule has 0 aliphatic rings. The van der Waals surface area contributed by atoms with Gasteiger partial charge in [0.05, 0.1) is 12.7 Å². The Labute approximate surface area is 92.2 Å². The van der Waals surface area contributed by atoms with Gasteiger partial charge in [-0.15, -0.1) is 0 Å². The number of hydrogen-bond acceptors (Lipinski definition) is 2. The van der Waals surface area contributed by atoms with Crippen molar-refractivity contribution in [3.8, 4) is 5.75 Å². The topological polar surface area (TPSA) is 18.5 Å². The lowest BCUT2D eigenvalue weighted by Gasteiger charge is -2.13. The summed E-state index contributed by atoms with van der Waals surface area (Å²) >= 11 is 0. The van der Waals surface area contributed by atoms with Crippen LogP contribution in [0.5, 0.6) is 5.75 Å².